The van der Waals surface area contributed by atoms with Crippen LogP contribution >= 0.6 is 11.6 Å². The lowest BCUT2D eigenvalue weighted by molar-refractivity contribution is 0.0234. The van der Waals surface area contributed by atoms with Crippen LogP contribution in [0.15, 0.2) is 30.3 Å². The number of amides is 1. The number of carbonyl (C=O) groups is 1. The van der Waals surface area contributed by atoms with Crippen LogP contribution < -0.4 is 19.7 Å². The average molecular weight is 495 g/mol. The molecule has 0 radical (unpaired) electrons. The summed E-state index contributed by atoms with van der Waals surface area (Å²) in [5, 5.41) is 24.0. The van der Waals surface area contributed by atoms with E-state index in [0.29, 0.717) is 17.8 Å². The molecule has 0 saturated heterocycles. The number of fused-ring (bicyclic) bond motifs is 1. The third-order valence-corrected chi connectivity index (χ3v) is 5.23. The fraction of sp³-hybridized carbons (Fsp3) is 0.478. The van der Waals surface area contributed by atoms with E-state index in [0.717, 1.165) is 11.3 Å². The summed E-state index contributed by atoms with van der Waals surface area (Å²) in [6.07, 6.45) is -2.89. The predicted octanol–water partition coefficient (Wildman–Crippen LogP) is 2.87. The quantitative estimate of drug-likeness (QED) is 0.499. The fourth-order valence-corrected chi connectivity index (χ4v) is 3.53. The van der Waals surface area contributed by atoms with Crippen LogP contribution in [0.3, 0.4) is 0 Å². The zero-order valence-electron chi connectivity index (χ0n) is 19.9. The van der Waals surface area contributed by atoms with Crippen molar-refractivity contribution in [2.24, 2.45) is 0 Å². The lowest BCUT2D eigenvalue weighted by Gasteiger charge is -2.39. The van der Waals surface area contributed by atoms with Crippen molar-refractivity contribution < 1.29 is 29.2 Å². The maximum absolute atomic E-state index is 12.2. The third kappa shape index (κ3) is 6.41. The largest absolute Gasteiger partial charge is 0.497 e. The van der Waals surface area contributed by atoms with Gasteiger partial charge in [0.15, 0.2) is 6.35 Å². The Balaban J connectivity index is 1.78. The number of likely N-dealkylation sites (N-methyl/N-ethyl adjacent to an activating group) is 1. The van der Waals surface area contributed by atoms with Crippen LogP contribution in [0, 0.1) is 0 Å². The molecular formula is C23H31ClN4O6. The monoisotopic (exact) mass is 494 g/mol. The normalized spacial score (nSPS) is 17.7. The Hall–Kier alpha value is -2.79. The molecule has 1 aliphatic rings. The molecule has 0 bridgehead atoms. The molecule has 1 amide bonds. The van der Waals surface area contributed by atoms with Crippen molar-refractivity contribution in [3.05, 3.63) is 46.6 Å². The second-order valence-electron chi connectivity index (χ2n) is 8.85. The number of ether oxygens (including phenoxy) is 3. The molecule has 1 aliphatic heterocycles. The van der Waals surface area contributed by atoms with Gasteiger partial charge in [-0.15, -0.1) is 0 Å². The number of anilines is 1. The molecule has 1 aromatic carbocycles. The lowest BCUT2D eigenvalue weighted by atomic mass is 10.1. The third-order valence-electron chi connectivity index (χ3n) is 5.04. The number of rotatable bonds is 7. The highest BCUT2D eigenvalue weighted by atomic mass is 35.5. The van der Waals surface area contributed by atoms with Gasteiger partial charge in [0.1, 0.15) is 29.3 Å². The SMILES string of the molecule is COc1ccc(CN2c3cc(Cl)nc(OCCN(C)C(=O)OC(C)(C)C)c3C(O)NC2O)cc1. The van der Waals surface area contributed by atoms with E-state index in [1.165, 1.54) is 4.90 Å². The molecule has 10 nitrogen and oxygen atoms in total. The van der Waals surface area contributed by atoms with Gasteiger partial charge in [0, 0.05) is 13.6 Å². The van der Waals surface area contributed by atoms with Crippen molar-refractivity contribution >= 4 is 23.4 Å². The summed E-state index contributed by atoms with van der Waals surface area (Å²) in [5.41, 5.74) is 1.11. The molecule has 0 spiro atoms. The van der Waals surface area contributed by atoms with Crippen molar-refractivity contribution in [3.8, 4) is 11.6 Å². The topological polar surface area (TPSA) is 117 Å². The first kappa shape index (κ1) is 25.8. The van der Waals surface area contributed by atoms with E-state index in [1.54, 1.807) is 45.9 Å². The molecule has 11 heteroatoms. The van der Waals surface area contributed by atoms with E-state index in [9.17, 15) is 15.0 Å². The van der Waals surface area contributed by atoms with Crippen molar-refractivity contribution in [2.75, 3.05) is 32.2 Å². The minimum Gasteiger partial charge on any atom is -0.497 e. The Morgan fingerprint density at radius 3 is 2.56 bits per heavy atom. The van der Waals surface area contributed by atoms with Gasteiger partial charge in [0.25, 0.3) is 0 Å². The first-order valence-electron chi connectivity index (χ1n) is 10.8. The zero-order chi connectivity index (χ0) is 25.0. The maximum Gasteiger partial charge on any atom is 0.410 e. The van der Waals surface area contributed by atoms with Crippen LogP contribution in [0.5, 0.6) is 11.6 Å². The fourth-order valence-electron chi connectivity index (χ4n) is 3.35. The Kier molecular flexibility index (Phi) is 8.09. The molecule has 0 aliphatic carbocycles. The smallest absolute Gasteiger partial charge is 0.410 e. The second-order valence-corrected chi connectivity index (χ2v) is 9.24. The number of halogens is 1. The summed E-state index contributed by atoms with van der Waals surface area (Å²) in [6.45, 7) is 6.00. The summed E-state index contributed by atoms with van der Waals surface area (Å²) in [6, 6.07) is 8.97. The first-order valence-corrected chi connectivity index (χ1v) is 11.2. The molecule has 34 heavy (non-hydrogen) atoms. The van der Waals surface area contributed by atoms with Crippen molar-refractivity contribution in [1.29, 1.82) is 0 Å². The van der Waals surface area contributed by atoms with Gasteiger partial charge in [-0.05, 0) is 44.5 Å². The molecule has 186 valence electrons. The van der Waals surface area contributed by atoms with Crippen LogP contribution in [0.2, 0.25) is 5.15 Å². The van der Waals surface area contributed by atoms with E-state index >= 15 is 0 Å². The van der Waals surface area contributed by atoms with E-state index in [-0.39, 0.29) is 24.2 Å². The molecule has 0 fully saturated rings. The number of hydrogen-bond donors (Lipinski definition) is 3. The van der Waals surface area contributed by atoms with E-state index in [2.05, 4.69) is 10.3 Å². The van der Waals surface area contributed by atoms with Gasteiger partial charge in [0.05, 0.1) is 24.9 Å². The number of aliphatic hydroxyl groups excluding tert-OH is 2. The maximum atomic E-state index is 12.2. The van der Waals surface area contributed by atoms with Crippen LogP contribution in [-0.4, -0.2) is 65.5 Å². The molecule has 2 heterocycles. The number of aromatic nitrogens is 1. The number of carbonyl (C=O) groups excluding carboxylic acids is 1. The highest BCUT2D eigenvalue weighted by Gasteiger charge is 2.34. The Morgan fingerprint density at radius 1 is 1.26 bits per heavy atom. The summed E-state index contributed by atoms with van der Waals surface area (Å²) in [4.78, 5) is 19.4. The van der Waals surface area contributed by atoms with E-state index in [1.807, 2.05) is 24.3 Å². The molecule has 3 rings (SSSR count). The average Bonchev–Trinajstić information content (AvgIpc) is 2.75. The summed E-state index contributed by atoms with van der Waals surface area (Å²) >= 11 is 6.25. The minimum atomic E-state index is -1.24. The Bertz CT molecular complexity index is 998. The number of pyridine rings is 1. The first-order chi connectivity index (χ1) is 16.0. The molecule has 2 atom stereocenters. The second kappa shape index (κ2) is 10.6. The van der Waals surface area contributed by atoms with Gasteiger partial charge in [-0.3, -0.25) is 0 Å². The lowest BCUT2D eigenvalue weighted by Crippen LogP contribution is -2.51. The Labute approximate surface area is 204 Å². The standard InChI is InChI=1S/C23H31ClN4O6/c1-23(2,3)34-22(31)27(4)10-11-33-20-18-16(12-17(24)25-20)28(21(30)26-19(18)29)13-14-6-8-15(32-5)9-7-14/h6-9,12,19,21,26,29-30H,10-11,13H2,1-5H3. The number of nitrogens with zero attached hydrogens (tertiary/aromatic N) is 3. The van der Waals surface area contributed by atoms with Crippen LogP contribution in [0.4, 0.5) is 10.5 Å². The molecular weight excluding hydrogens is 464 g/mol. The van der Waals surface area contributed by atoms with Crippen molar-refractivity contribution in [1.82, 2.24) is 15.2 Å². The molecule has 3 N–H and O–H groups in total. The number of aliphatic hydroxyl groups is 2. The highest BCUT2D eigenvalue weighted by Crippen LogP contribution is 2.39. The van der Waals surface area contributed by atoms with Gasteiger partial charge < -0.3 is 34.2 Å². The van der Waals surface area contributed by atoms with Crippen molar-refractivity contribution in [2.45, 2.75) is 45.5 Å². The van der Waals surface area contributed by atoms with Gasteiger partial charge >= 0.3 is 6.09 Å². The van der Waals surface area contributed by atoms with E-state index in [4.69, 9.17) is 25.8 Å². The molecule has 2 aromatic rings. The number of hydrogen-bond acceptors (Lipinski definition) is 9. The highest BCUT2D eigenvalue weighted by molar-refractivity contribution is 6.29. The predicted molar refractivity (Wildman–Crippen MR) is 127 cm³/mol. The number of nitrogens with one attached hydrogen (secondary N) is 1. The number of benzene rings is 1. The zero-order valence-corrected chi connectivity index (χ0v) is 20.7. The molecule has 2 unspecified atom stereocenters. The van der Waals surface area contributed by atoms with Gasteiger partial charge in [-0.25, -0.2) is 15.1 Å². The molecule has 0 saturated carbocycles. The van der Waals surface area contributed by atoms with Gasteiger partial charge in [-0.1, -0.05) is 23.7 Å². The van der Waals surface area contributed by atoms with E-state index < -0.39 is 24.3 Å². The van der Waals surface area contributed by atoms with Gasteiger partial charge in [-0.2, -0.15) is 0 Å². The van der Waals surface area contributed by atoms with Gasteiger partial charge in [0.2, 0.25) is 5.88 Å². The minimum absolute atomic E-state index is 0.0866. The number of methoxy groups -OCH3 is 1. The van der Waals surface area contributed by atoms with Crippen molar-refractivity contribution in [3.63, 3.8) is 0 Å². The van der Waals surface area contributed by atoms with Crippen LogP contribution in [0.25, 0.3) is 0 Å². The van der Waals surface area contributed by atoms with Crippen LogP contribution in [-0.2, 0) is 11.3 Å². The van der Waals surface area contributed by atoms with Crippen LogP contribution in [0.1, 0.15) is 38.1 Å². The summed E-state index contributed by atoms with van der Waals surface area (Å²) in [5.74, 6) is 0.822. The summed E-state index contributed by atoms with van der Waals surface area (Å²) < 4.78 is 16.3. The summed E-state index contributed by atoms with van der Waals surface area (Å²) in [7, 11) is 3.19. The molecule has 1 aromatic heterocycles. The Morgan fingerprint density at radius 2 is 1.94 bits per heavy atom.